The molecule has 0 spiro atoms. The Kier molecular flexibility index (Phi) is 6.45. The Labute approximate surface area is 167 Å². The molecule has 0 bridgehead atoms. The van der Waals surface area contributed by atoms with E-state index in [2.05, 4.69) is 16.2 Å². The summed E-state index contributed by atoms with van der Waals surface area (Å²) in [5.74, 6) is 1.25. The highest BCUT2D eigenvalue weighted by molar-refractivity contribution is 7.98. The van der Waals surface area contributed by atoms with Crippen LogP contribution in [-0.4, -0.2) is 16.1 Å². The van der Waals surface area contributed by atoms with Crippen LogP contribution in [0.1, 0.15) is 53.0 Å². The molecule has 28 heavy (non-hydrogen) atoms. The Morgan fingerprint density at radius 2 is 1.96 bits per heavy atom. The van der Waals surface area contributed by atoms with E-state index >= 15 is 0 Å². The van der Waals surface area contributed by atoms with Crippen molar-refractivity contribution >= 4 is 17.7 Å². The third-order valence-corrected chi connectivity index (χ3v) is 5.06. The number of esters is 1. The van der Waals surface area contributed by atoms with Crippen LogP contribution in [0, 0.1) is 11.3 Å². The second-order valence-corrected chi connectivity index (χ2v) is 7.39. The van der Waals surface area contributed by atoms with Crippen molar-refractivity contribution in [1.29, 1.82) is 5.26 Å². The van der Waals surface area contributed by atoms with Crippen molar-refractivity contribution in [3.63, 3.8) is 0 Å². The van der Waals surface area contributed by atoms with Crippen LogP contribution in [0.2, 0.25) is 0 Å². The largest absolute Gasteiger partial charge is 0.452 e. The van der Waals surface area contributed by atoms with Crippen molar-refractivity contribution in [3.8, 4) is 6.07 Å². The molecule has 7 heteroatoms. The topological polar surface area (TPSA) is 89.0 Å². The minimum atomic E-state index is -0.438. The lowest BCUT2D eigenvalue weighted by Crippen LogP contribution is -2.07. The number of carbonyl (C=O) groups excluding carboxylic acids is 1. The van der Waals surface area contributed by atoms with E-state index in [9.17, 15) is 4.79 Å². The maximum atomic E-state index is 12.5. The minimum absolute atomic E-state index is 0.0623. The quantitative estimate of drug-likeness (QED) is 0.424. The fourth-order valence-electron chi connectivity index (χ4n) is 2.36. The van der Waals surface area contributed by atoms with Gasteiger partial charge in [0.05, 0.1) is 17.2 Å². The highest BCUT2D eigenvalue weighted by atomic mass is 32.2. The maximum absolute atomic E-state index is 12.5. The molecule has 1 aromatic heterocycles. The smallest absolute Gasteiger partial charge is 0.339 e. The van der Waals surface area contributed by atoms with Gasteiger partial charge < -0.3 is 9.26 Å². The van der Waals surface area contributed by atoms with Crippen molar-refractivity contribution in [1.82, 2.24) is 10.1 Å². The Morgan fingerprint density at radius 3 is 2.64 bits per heavy atom. The van der Waals surface area contributed by atoms with Gasteiger partial charge in [-0.15, -0.1) is 11.8 Å². The molecule has 6 nitrogen and oxygen atoms in total. The number of thioether (sulfide) groups is 1. The van der Waals surface area contributed by atoms with Crippen LogP contribution < -0.4 is 0 Å². The van der Waals surface area contributed by atoms with E-state index in [1.165, 1.54) is 11.8 Å². The van der Waals surface area contributed by atoms with E-state index in [1.54, 1.807) is 24.3 Å². The second-order valence-electron chi connectivity index (χ2n) is 6.37. The van der Waals surface area contributed by atoms with Crippen LogP contribution >= 0.6 is 11.8 Å². The first-order chi connectivity index (χ1) is 13.6. The molecule has 0 amide bonds. The molecule has 0 aliphatic rings. The average molecular weight is 393 g/mol. The zero-order valence-corrected chi connectivity index (χ0v) is 16.4. The third-order valence-electron chi connectivity index (χ3n) is 3.91. The predicted octanol–water partition coefficient (Wildman–Crippen LogP) is 4.71. The van der Waals surface area contributed by atoms with Crippen molar-refractivity contribution in [2.45, 2.75) is 37.0 Å². The van der Waals surface area contributed by atoms with Gasteiger partial charge in [0.25, 0.3) is 5.89 Å². The highest BCUT2D eigenvalue weighted by Crippen LogP contribution is 2.27. The summed E-state index contributed by atoms with van der Waals surface area (Å²) >= 11 is 1.54. The average Bonchev–Trinajstić information content (AvgIpc) is 3.20. The first kappa shape index (κ1) is 19.6. The number of ether oxygens (including phenoxy) is 1. The normalized spacial score (nSPS) is 10.6. The zero-order chi connectivity index (χ0) is 19.9. The molecule has 3 rings (SSSR count). The SMILES string of the molecule is CC(C)c1noc(COC(=O)c2ccccc2SCc2ccc(C#N)cc2)n1. The number of hydrogen-bond acceptors (Lipinski definition) is 7. The van der Waals surface area contributed by atoms with E-state index in [-0.39, 0.29) is 18.4 Å². The van der Waals surface area contributed by atoms with Gasteiger partial charge in [-0.2, -0.15) is 10.2 Å². The Hall–Kier alpha value is -3.11. The predicted molar refractivity (Wildman–Crippen MR) is 105 cm³/mol. The van der Waals surface area contributed by atoms with E-state index in [0.29, 0.717) is 22.7 Å². The van der Waals surface area contributed by atoms with Crippen molar-refractivity contribution in [2.75, 3.05) is 0 Å². The number of aromatic nitrogens is 2. The number of hydrogen-bond donors (Lipinski definition) is 0. The number of benzene rings is 2. The summed E-state index contributed by atoms with van der Waals surface area (Å²) in [6, 6.07) is 16.8. The molecule has 0 saturated carbocycles. The summed E-state index contributed by atoms with van der Waals surface area (Å²) in [4.78, 5) is 17.5. The highest BCUT2D eigenvalue weighted by Gasteiger charge is 2.16. The van der Waals surface area contributed by atoms with Gasteiger partial charge in [-0.25, -0.2) is 4.79 Å². The lowest BCUT2D eigenvalue weighted by Gasteiger charge is -2.08. The van der Waals surface area contributed by atoms with Crippen LogP contribution in [0.5, 0.6) is 0 Å². The van der Waals surface area contributed by atoms with Crippen molar-refractivity contribution in [2.24, 2.45) is 0 Å². The Morgan fingerprint density at radius 1 is 1.21 bits per heavy atom. The molecule has 0 radical (unpaired) electrons. The van der Waals surface area contributed by atoms with Gasteiger partial charge in [0.15, 0.2) is 12.4 Å². The number of carbonyl (C=O) groups is 1. The van der Waals surface area contributed by atoms with E-state index in [0.717, 1.165) is 10.5 Å². The van der Waals surface area contributed by atoms with Crippen molar-refractivity contribution < 1.29 is 14.1 Å². The molecular weight excluding hydrogens is 374 g/mol. The van der Waals surface area contributed by atoms with Gasteiger partial charge in [-0.3, -0.25) is 0 Å². The minimum Gasteiger partial charge on any atom is -0.452 e. The number of rotatable bonds is 7. The first-order valence-electron chi connectivity index (χ1n) is 8.77. The molecule has 0 atom stereocenters. The van der Waals surface area contributed by atoms with Crippen molar-refractivity contribution in [3.05, 3.63) is 76.9 Å². The summed E-state index contributed by atoms with van der Waals surface area (Å²) < 4.78 is 10.4. The molecule has 142 valence electrons. The van der Waals surface area contributed by atoms with Crippen LogP contribution in [0.15, 0.2) is 57.9 Å². The number of nitrogens with zero attached hydrogens (tertiary/aromatic N) is 3. The molecule has 3 aromatic rings. The molecule has 0 aliphatic heterocycles. The van der Waals surface area contributed by atoms with E-state index in [4.69, 9.17) is 14.5 Å². The van der Waals surface area contributed by atoms with Gasteiger partial charge in [0.2, 0.25) is 0 Å². The summed E-state index contributed by atoms with van der Waals surface area (Å²) in [5, 5.41) is 12.7. The Balaban J connectivity index is 1.63. The van der Waals surface area contributed by atoms with Gasteiger partial charge in [0, 0.05) is 16.6 Å². The Bertz CT molecular complexity index is 991. The van der Waals surface area contributed by atoms with E-state index in [1.807, 2.05) is 38.1 Å². The monoisotopic (exact) mass is 393 g/mol. The molecule has 0 unspecified atom stereocenters. The fraction of sp³-hybridized carbons (Fsp3) is 0.238. The standard InChI is InChI=1S/C21H19N3O3S/c1-14(2)20-23-19(27-24-20)12-26-21(25)17-5-3-4-6-18(17)28-13-16-9-7-15(11-22)8-10-16/h3-10,14H,12-13H2,1-2H3. The first-order valence-corrected chi connectivity index (χ1v) is 9.76. The van der Waals surface area contributed by atoms with Gasteiger partial charge in [-0.1, -0.05) is 43.3 Å². The molecule has 0 aliphatic carbocycles. The van der Waals surface area contributed by atoms with E-state index < -0.39 is 5.97 Å². The second kappa shape index (κ2) is 9.20. The molecule has 2 aromatic carbocycles. The summed E-state index contributed by atoms with van der Waals surface area (Å²) in [6.07, 6.45) is 0. The van der Waals surface area contributed by atoms with Crippen LogP contribution in [0.4, 0.5) is 0 Å². The molecular formula is C21H19N3O3S. The molecule has 1 heterocycles. The van der Waals surface area contributed by atoms with Crippen LogP contribution in [0.3, 0.4) is 0 Å². The molecule has 0 saturated heterocycles. The fourth-order valence-corrected chi connectivity index (χ4v) is 3.36. The van der Waals surface area contributed by atoms with Gasteiger partial charge in [0.1, 0.15) is 0 Å². The van der Waals surface area contributed by atoms with Crippen LogP contribution in [-0.2, 0) is 17.1 Å². The van der Waals surface area contributed by atoms with Gasteiger partial charge in [-0.05, 0) is 29.8 Å². The van der Waals surface area contributed by atoms with Crippen LogP contribution in [0.25, 0.3) is 0 Å². The number of nitriles is 1. The lowest BCUT2D eigenvalue weighted by atomic mass is 10.2. The summed E-state index contributed by atoms with van der Waals surface area (Å²) in [6.45, 7) is 3.86. The molecule has 0 fully saturated rings. The lowest BCUT2D eigenvalue weighted by molar-refractivity contribution is 0.0425. The third kappa shape index (κ3) is 4.99. The zero-order valence-electron chi connectivity index (χ0n) is 15.6. The summed E-state index contributed by atoms with van der Waals surface area (Å²) in [5.41, 5.74) is 2.18. The van der Waals surface area contributed by atoms with Gasteiger partial charge >= 0.3 is 5.97 Å². The molecule has 0 N–H and O–H groups in total. The summed E-state index contributed by atoms with van der Waals surface area (Å²) in [7, 11) is 0. The maximum Gasteiger partial charge on any atom is 0.339 e.